The molecule has 1 aromatic heterocycles. The van der Waals surface area contributed by atoms with Crippen LogP contribution in [-0.2, 0) is 91.2 Å². The maximum absolute atomic E-state index is 15.7. The Hall–Kier alpha value is -12.9. The number of unbranched alkanes of at least 4 members (excludes halogenated alkanes) is 1. The molecule has 20 N–H and O–H groups in total. The number of thioether (sulfide) groups is 1. The van der Waals surface area contributed by atoms with Gasteiger partial charge in [-0.25, -0.2) is 13.2 Å². The van der Waals surface area contributed by atoms with Crippen molar-refractivity contribution in [2.45, 2.75) is 170 Å². The number of β-amino-alcohol motifs (C(OH)–C–C–N with tert-alkyl or cyclic N) is 2. The Labute approximate surface area is 779 Å². The van der Waals surface area contributed by atoms with Crippen molar-refractivity contribution in [1.29, 1.82) is 0 Å². The number of carboxylic acid groups (broad SMARTS) is 2. The van der Waals surface area contributed by atoms with Crippen LogP contribution in [0.4, 0.5) is 18.0 Å². The van der Waals surface area contributed by atoms with E-state index in [0.717, 1.165) is 22.7 Å². The fourth-order valence-corrected chi connectivity index (χ4v) is 21.7. The van der Waals surface area contributed by atoms with Gasteiger partial charge in [-0.2, -0.15) is 0 Å². The molecule has 134 heavy (non-hydrogen) atoms. The van der Waals surface area contributed by atoms with Crippen molar-refractivity contribution in [2.75, 3.05) is 63.3 Å². The van der Waals surface area contributed by atoms with Gasteiger partial charge < -0.3 is 51.3 Å². The number of hydrogen-bond donors (Lipinski definition) is 17. The molecular weight excluding hydrogens is 1890 g/mol. The summed E-state index contributed by atoms with van der Waals surface area (Å²) in [5, 5.41) is 83.9. The number of carbonyl (C=O) groups excluding carboxylic acids is 14. The van der Waals surface area contributed by atoms with Crippen molar-refractivity contribution in [1.82, 2.24) is 75.5 Å². The van der Waals surface area contributed by atoms with Crippen LogP contribution in [0.5, 0.6) is 5.75 Å². The molecule has 0 radical (unpaired) electrons. The second kappa shape index (κ2) is 47.6. The van der Waals surface area contributed by atoms with Gasteiger partial charge in [-0.15, -0.1) is 11.8 Å². The molecule has 3 fully saturated rings. The van der Waals surface area contributed by atoms with Crippen molar-refractivity contribution in [3.8, 4) is 5.75 Å². The molecule has 1 saturated carbocycles. The van der Waals surface area contributed by atoms with Gasteiger partial charge in [0.05, 0.1) is 37.0 Å². The number of aromatic amines is 1. The Morgan fingerprint density at radius 3 is 1.90 bits per heavy atom. The van der Waals surface area contributed by atoms with E-state index in [-0.39, 0.29) is 81.8 Å². The minimum absolute atomic E-state index is 0.0615. The van der Waals surface area contributed by atoms with E-state index < -0.39 is 266 Å². The third kappa shape index (κ3) is 26.8. The van der Waals surface area contributed by atoms with Crippen molar-refractivity contribution in [2.24, 2.45) is 17.2 Å². The Bertz CT molecular complexity index is 5410. The second-order valence-electron chi connectivity index (χ2n) is 32.7. The number of hydroxylamine groups is 1. The number of para-hydroxylation sites is 1. The maximum Gasteiger partial charge on any atom is 0.243 e. The van der Waals surface area contributed by atoms with E-state index in [4.69, 9.17) is 17.2 Å². The SMILES string of the molecule is CCCC[C@@H](C(=O)N1C[C@H](O)C[C@@H]1N([O-])N[C@H](C=O)CC(=O)O)N(C)C(=O)[C@]1(N(C)C(=O)[C@H](Cc2cc(F)c(F)c(F)c2)NC(=O)CSC[C@H](NC(=O)[C@H](CN)NC(=O)[C@H](Cc2ccc(O)cc2)NC(=O)[C@H](Cc2c[nH]c3ccccc23)NC(=O)I2C[C@@H](O)CN2C(=O)[C@H](CC(=O)O)NC(=O)/C(=C(/C)c2ccccc2)N(C)C(=O)C(N)=C(C)C)C(=O)NCC(N)=O)CC1c1ccccc1. The van der Waals surface area contributed by atoms with Crippen molar-refractivity contribution in [3.63, 3.8) is 0 Å². The zero-order chi connectivity index (χ0) is 98.4. The minimum atomic E-state index is -3.93. The van der Waals surface area contributed by atoms with Crippen LogP contribution in [0.3, 0.4) is 0 Å². The summed E-state index contributed by atoms with van der Waals surface area (Å²) in [6.07, 6.45) is -5.86. The summed E-state index contributed by atoms with van der Waals surface area (Å²) < 4.78 is 44.6. The van der Waals surface area contributed by atoms with Gasteiger partial charge in [0.15, 0.2) is 17.5 Å². The quantitative estimate of drug-likeness (QED) is 0.00292. The van der Waals surface area contributed by atoms with E-state index in [2.05, 4.69) is 47.6 Å². The number of aldehydes is 1. The molecule has 1 aliphatic carbocycles. The van der Waals surface area contributed by atoms with Crippen LogP contribution in [0.25, 0.3) is 16.5 Å². The predicted octanol–water partition coefficient (Wildman–Crippen LogP) is 1.02. The van der Waals surface area contributed by atoms with E-state index >= 15 is 32.8 Å². The number of rotatable bonds is 46. The van der Waals surface area contributed by atoms with Crippen LogP contribution in [0.15, 0.2) is 144 Å². The molecule has 3 heterocycles. The predicted molar refractivity (Wildman–Crippen MR) is 490 cm³/mol. The molecule has 722 valence electrons. The molecular formula is C89H109F3IN18O22S-. The van der Waals surface area contributed by atoms with Crippen LogP contribution in [0, 0.1) is 22.7 Å². The number of amides is 13. The number of aromatic hydroxyl groups is 1. The zero-order valence-electron chi connectivity index (χ0n) is 74.2. The van der Waals surface area contributed by atoms with Gasteiger partial charge in [-0.1, -0.05) is 50.1 Å². The monoisotopic (exact) mass is 2000 g/mol. The largest absolute Gasteiger partial charge is 0.368 e. The number of nitrogens with two attached hydrogens (primary N) is 3. The van der Waals surface area contributed by atoms with E-state index in [1.165, 1.54) is 52.3 Å². The van der Waals surface area contributed by atoms with Crippen LogP contribution in [0.1, 0.15) is 106 Å². The van der Waals surface area contributed by atoms with Crippen molar-refractivity contribution >= 4 is 141 Å². The van der Waals surface area contributed by atoms with Gasteiger partial charge >= 0.3 is 418 Å². The first kappa shape index (κ1) is 105. The summed E-state index contributed by atoms with van der Waals surface area (Å²) in [6.45, 7) is 3.84. The number of aliphatic carboxylic acids is 2. The average Bonchev–Trinajstić information content (AvgIpc) is 1.54. The number of H-pyrrole nitrogens is 1. The molecule has 13 atom stereocenters. The Morgan fingerprint density at radius 2 is 1.29 bits per heavy atom. The Morgan fingerprint density at radius 1 is 0.694 bits per heavy atom. The molecule has 0 bridgehead atoms. The number of likely N-dealkylation sites (tertiary alicyclic amines) is 1. The van der Waals surface area contributed by atoms with E-state index in [9.17, 15) is 87.9 Å². The molecule has 9 rings (SSSR count). The molecule has 5 aromatic carbocycles. The third-order valence-electron chi connectivity index (χ3n) is 22.8. The minimum Gasteiger partial charge on any atom is -0.368 e. The number of aliphatic hydroxyl groups excluding tert-OH is 2. The summed E-state index contributed by atoms with van der Waals surface area (Å²) in [4.78, 5) is 233. The zero-order valence-corrected chi connectivity index (χ0v) is 77.1. The van der Waals surface area contributed by atoms with Crippen LogP contribution < -0.4 is 59.8 Å². The number of nitrogens with zero attached hydrogens (tertiary/aromatic N) is 6. The number of aromatic nitrogens is 1. The number of aliphatic hydroxyl groups is 2. The third-order valence-corrected chi connectivity index (χ3v) is 29.4. The number of fused-ring (bicyclic) bond motifs is 1. The van der Waals surface area contributed by atoms with Gasteiger partial charge in [0, 0.05) is 45.2 Å². The number of nitrogens with one attached hydrogen (secondary N) is 9. The topological polar surface area (TPSA) is 607 Å². The van der Waals surface area contributed by atoms with Gasteiger partial charge in [0.25, 0.3) is 0 Å². The van der Waals surface area contributed by atoms with E-state index in [0.29, 0.717) is 63.5 Å². The van der Waals surface area contributed by atoms with Gasteiger partial charge in [-0.05, 0) is 36.1 Å². The number of carbonyl (C=O) groups is 16. The molecule has 1 unspecified atom stereocenters. The number of benzene rings is 5. The van der Waals surface area contributed by atoms with Crippen LogP contribution in [0.2, 0.25) is 0 Å². The van der Waals surface area contributed by atoms with Crippen molar-refractivity contribution < 1.29 is 115 Å². The maximum atomic E-state index is 15.7. The van der Waals surface area contributed by atoms with Crippen LogP contribution >= 0.6 is 31.9 Å². The molecule has 6 aromatic rings. The summed E-state index contributed by atoms with van der Waals surface area (Å²) in [5.74, 6) is -23.2. The first-order chi connectivity index (χ1) is 63.5. The number of phenolic OH excluding ortho intramolecular Hbond substituents is 1. The van der Waals surface area contributed by atoms with E-state index in [1.54, 1.807) is 112 Å². The number of hydrazine groups is 1. The summed E-state index contributed by atoms with van der Waals surface area (Å²) in [5.41, 5.74) is 19.9. The Balaban J connectivity index is 0.954. The fourth-order valence-electron chi connectivity index (χ4n) is 15.6. The first-order valence-corrected chi connectivity index (χ1v) is 47.2. The smallest absolute Gasteiger partial charge is 0.243 e. The number of alkyl halides is 1. The first-order valence-electron chi connectivity index (χ1n) is 42.5. The van der Waals surface area contributed by atoms with Gasteiger partial charge in [0.2, 0.25) is 35.4 Å². The van der Waals surface area contributed by atoms with Gasteiger partial charge in [-0.3, -0.25) is 44.2 Å². The number of allylic oxidation sites excluding steroid dienone is 2. The second-order valence-corrected chi connectivity index (χ2v) is 38.7. The number of primary amides is 1. The molecule has 45 heteroatoms. The fraction of sp³-hybridized carbons (Fsp3) is 0.416. The standard InChI is InChI=1S/C89H109F3IN18O22S/c1-8-9-24-69(85(129)109-42-56(114)35-72(109)111(133)105-54(44-112)34-73(118)119)106(5)87(131)89(37-59(89)52-20-14-11-15-21-52)108(7)83(127)65(32-50-29-60(90)75(92)61(91)30-50)99-71(117)46-134-45-68(78(122)98-41-70(95)116)103-81(125)67(39-94)102-79(123)63(31-49-25-27-55(113)28-26-49)100-80(124)64(33-53-40-97-62-23-17-16-22-58(53)62)104-88(132)93-38-57(115)43-110(93)84(128)66(36-74(120)121)101-82(126)77(48(4)51-18-12-10-13-19-51)107(6)86(130)76(96)47(2)3/h10-23,25-30,40,44,54,56-57,59,63-69,72,97,105,113-115H,8-9,24,31-39,41-43,45-46,94,96H2,1-7H3,(H2,95,116)(H,98,122)(H,99,117)(H,100,124)(H,101,126)(H,102,123)(H,103,125)(H,104,132)(H,118,119)(H,120,121)/q-1/b77-48+/t54-,56+,57+,59?,63-,64-,65-,66-,67-,68-,69-,72-,89-/m0/s1. The molecule has 2 aliphatic heterocycles. The number of likely N-dealkylation sites (N-methyl/N-ethyl adjacent to an activating group) is 3. The number of halogens is 4. The summed E-state index contributed by atoms with van der Waals surface area (Å²) in [6, 6.07) is 15.9. The molecule has 2 saturated heterocycles. The Kier molecular flexibility index (Phi) is 37.2. The van der Waals surface area contributed by atoms with Crippen LogP contribution in [-0.4, -0.2) is 287 Å². The molecule has 0 spiro atoms. The van der Waals surface area contributed by atoms with Crippen molar-refractivity contribution in [3.05, 3.63) is 195 Å². The summed E-state index contributed by atoms with van der Waals surface area (Å²) in [7, 11) is 3.72. The summed E-state index contributed by atoms with van der Waals surface area (Å²) >= 11 is -3.33. The molecule has 13 amide bonds. The normalized spacial score (nSPS) is 18.4. The molecule has 3 aliphatic rings. The van der Waals surface area contributed by atoms with Gasteiger partial charge in [0.1, 0.15) is 23.9 Å². The molecule has 40 nitrogen and oxygen atoms in total. The number of phenols is 1. The average molecular weight is 2000 g/mol. The number of carboxylic acids is 2. The van der Waals surface area contributed by atoms with E-state index in [1.807, 2.05) is 0 Å². The number of hydrogen-bond acceptors (Lipinski definition) is 25.